The Kier molecular flexibility index (Phi) is 1.77. The number of aromatic nitrogens is 1. The Morgan fingerprint density at radius 1 is 1.67 bits per heavy atom. The Labute approximate surface area is 70.1 Å². The van der Waals surface area contributed by atoms with Crippen LogP contribution in [0.3, 0.4) is 0 Å². The van der Waals surface area contributed by atoms with Gasteiger partial charge in [-0.3, -0.25) is 4.79 Å². The highest BCUT2D eigenvalue weighted by Crippen LogP contribution is 2.09. The van der Waals surface area contributed by atoms with Crippen LogP contribution in [-0.4, -0.2) is 11.3 Å². The van der Waals surface area contributed by atoms with Crippen LogP contribution in [0.4, 0.5) is 0 Å². The third-order valence-corrected chi connectivity index (χ3v) is 2.16. The highest BCUT2D eigenvalue weighted by molar-refractivity contribution is 5.16. The molecule has 0 aromatic carbocycles. The summed E-state index contributed by atoms with van der Waals surface area (Å²) in [6.45, 7) is 4.09. The van der Waals surface area contributed by atoms with Crippen LogP contribution in [0.25, 0.3) is 0 Å². The van der Waals surface area contributed by atoms with E-state index in [0.717, 1.165) is 24.3 Å². The first kappa shape index (κ1) is 7.61. The predicted octanol–water partition coefficient (Wildman–Crippen LogP) is 0.107. The second-order valence-corrected chi connectivity index (χ2v) is 2.92. The van der Waals surface area contributed by atoms with Crippen molar-refractivity contribution in [2.75, 3.05) is 6.54 Å². The molecule has 0 atom stereocenters. The Morgan fingerprint density at radius 2 is 2.50 bits per heavy atom. The Morgan fingerprint density at radius 3 is 3.17 bits per heavy atom. The van der Waals surface area contributed by atoms with E-state index >= 15 is 0 Å². The maximum Gasteiger partial charge on any atom is 0.287 e. The first-order chi connectivity index (χ1) is 5.83. The van der Waals surface area contributed by atoms with Crippen molar-refractivity contribution in [2.45, 2.75) is 26.4 Å². The minimum atomic E-state index is 0.0275. The first-order valence-electron chi connectivity index (χ1n) is 4.25. The lowest BCUT2D eigenvalue weighted by Crippen LogP contribution is -2.27. The van der Waals surface area contributed by atoms with E-state index in [0.29, 0.717) is 13.1 Å². The number of aryl methyl sites for hydroxylation is 1. The topological polar surface area (TPSA) is 47.2 Å². The van der Waals surface area contributed by atoms with Gasteiger partial charge in [0.2, 0.25) is 0 Å². The molecule has 1 aromatic heterocycles. The molecule has 1 N–H and O–H groups in total. The van der Waals surface area contributed by atoms with E-state index in [2.05, 4.69) is 5.32 Å². The Hall–Kier alpha value is -1.03. The molecule has 1 aliphatic heterocycles. The van der Waals surface area contributed by atoms with Crippen LogP contribution in [0.2, 0.25) is 0 Å². The fraction of sp³-hybridized carbons (Fsp3) is 0.625. The Bertz CT molecular complexity index is 337. The molecule has 1 aliphatic rings. The number of hydrogen-bond donors (Lipinski definition) is 1. The van der Waals surface area contributed by atoms with Crippen molar-refractivity contribution in [3.05, 3.63) is 21.7 Å². The minimum Gasteiger partial charge on any atom is -0.380 e. The molecule has 0 fully saturated rings. The molecule has 0 amide bonds. The van der Waals surface area contributed by atoms with Crippen molar-refractivity contribution in [3.8, 4) is 0 Å². The molecule has 0 bridgehead atoms. The second kappa shape index (κ2) is 2.79. The molecule has 2 heterocycles. The lowest BCUT2D eigenvalue weighted by atomic mass is 10.1. The predicted molar refractivity (Wildman–Crippen MR) is 44.1 cm³/mol. The van der Waals surface area contributed by atoms with E-state index in [4.69, 9.17) is 4.52 Å². The molecule has 4 heteroatoms. The zero-order chi connectivity index (χ0) is 8.55. The average Bonchev–Trinajstić information content (AvgIpc) is 2.44. The molecule has 12 heavy (non-hydrogen) atoms. The zero-order valence-electron chi connectivity index (χ0n) is 7.09. The molecule has 0 unspecified atom stereocenters. The van der Waals surface area contributed by atoms with Crippen molar-refractivity contribution in [1.82, 2.24) is 10.1 Å². The molecule has 0 radical (unpaired) electrons. The minimum absolute atomic E-state index is 0.0275. The maximum atomic E-state index is 11.5. The van der Waals surface area contributed by atoms with Gasteiger partial charge in [-0.05, 0) is 6.92 Å². The van der Waals surface area contributed by atoms with Gasteiger partial charge in [0.05, 0.1) is 12.1 Å². The van der Waals surface area contributed by atoms with Gasteiger partial charge in [0, 0.05) is 19.5 Å². The van der Waals surface area contributed by atoms with Gasteiger partial charge in [-0.15, -0.1) is 0 Å². The molecule has 1 aromatic rings. The Balaban J connectivity index is 2.52. The summed E-state index contributed by atoms with van der Waals surface area (Å²) >= 11 is 0. The summed E-state index contributed by atoms with van der Waals surface area (Å²) in [5, 5.41) is 3.15. The normalized spacial score (nSPS) is 16.1. The average molecular weight is 168 g/mol. The summed E-state index contributed by atoms with van der Waals surface area (Å²) in [4.78, 5) is 11.5. The van der Waals surface area contributed by atoms with Crippen molar-refractivity contribution in [1.29, 1.82) is 0 Å². The largest absolute Gasteiger partial charge is 0.380 e. The smallest absolute Gasteiger partial charge is 0.287 e. The van der Waals surface area contributed by atoms with Gasteiger partial charge in [0.25, 0.3) is 5.56 Å². The van der Waals surface area contributed by atoms with Crippen molar-refractivity contribution >= 4 is 0 Å². The standard InChI is InChI=1S/C8H12N2O2/c1-2-10-8(11)6-5-9-4-3-7(6)12-10/h9H,2-5H2,1H3. The highest BCUT2D eigenvalue weighted by Gasteiger charge is 2.18. The van der Waals surface area contributed by atoms with Gasteiger partial charge in [0.15, 0.2) is 0 Å². The number of hydrogen-bond acceptors (Lipinski definition) is 3. The zero-order valence-corrected chi connectivity index (χ0v) is 7.09. The monoisotopic (exact) mass is 168 g/mol. The number of nitrogens with zero attached hydrogens (tertiary/aromatic N) is 1. The molecule has 0 spiro atoms. The van der Waals surface area contributed by atoms with Crippen LogP contribution in [-0.2, 0) is 19.5 Å². The van der Waals surface area contributed by atoms with Gasteiger partial charge in [-0.2, -0.15) is 4.74 Å². The van der Waals surface area contributed by atoms with E-state index in [-0.39, 0.29) is 5.56 Å². The van der Waals surface area contributed by atoms with Crippen LogP contribution in [0, 0.1) is 0 Å². The summed E-state index contributed by atoms with van der Waals surface area (Å²) < 4.78 is 6.76. The maximum absolute atomic E-state index is 11.5. The molecule has 0 saturated heterocycles. The van der Waals surface area contributed by atoms with Crippen LogP contribution in [0.15, 0.2) is 9.32 Å². The van der Waals surface area contributed by atoms with Crippen molar-refractivity contribution < 1.29 is 4.52 Å². The third-order valence-electron chi connectivity index (χ3n) is 2.16. The van der Waals surface area contributed by atoms with E-state index in [1.807, 2.05) is 6.92 Å². The van der Waals surface area contributed by atoms with Crippen LogP contribution in [0.5, 0.6) is 0 Å². The summed E-state index contributed by atoms with van der Waals surface area (Å²) in [5.74, 6) is 0.862. The molecule has 0 aliphatic carbocycles. The second-order valence-electron chi connectivity index (χ2n) is 2.92. The molecule has 66 valence electrons. The molecule has 4 nitrogen and oxygen atoms in total. The van der Waals surface area contributed by atoms with E-state index in [1.165, 1.54) is 4.74 Å². The summed E-state index contributed by atoms with van der Waals surface area (Å²) in [6, 6.07) is 0. The van der Waals surface area contributed by atoms with Crippen LogP contribution < -0.4 is 10.9 Å². The van der Waals surface area contributed by atoms with Gasteiger partial charge in [-0.25, -0.2) is 0 Å². The van der Waals surface area contributed by atoms with Crippen LogP contribution >= 0.6 is 0 Å². The number of fused-ring (bicyclic) bond motifs is 1. The highest BCUT2D eigenvalue weighted by atomic mass is 16.5. The quantitative estimate of drug-likeness (QED) is 0.647. The summed E-state index contributed by atoms with van der Waals surface area (Å²) in [7, 11) is 0. The molecular weight excluding hydrogens is 156 g/mol. The fourth-order valence-electron chi connectivity index (χ4n) is 1.49. The lowest BCUT2D eigenvalue weighted by molar-refractivity contribution is 0.248. The number of rotatable bonds is 1. The third kappa shape index (κ3) is 0.992. The van der Waals surface area contributed by atoms with Gasteiger partial charge in [0.1, 0.15) is 5.76 Å². The summed E-state index contributed by atoms with van der Waals surface area (Å²) in [6.07, 6.45) is 0.831. The van der Waals surface area contributed by atoms with E-state index in [1.54, 1.807) is 0 Å². The lowest BCUT2D eigenvalue weighted by Gasteiger charge is -2.07. The number of nitrogens with one attached hydrogen (secondary N) is 1. The van der Waals surface area contributed by atoms with Crippen molar-refractivity contribution in [2.24, 2.45) is 0 Å². The van der Waals surface area contributed by atoms with Crippen molar-refractivity contribution in [3.63, 3.8) is 0 Å². The van der Waals surface area contributed by atoms with Gasteiger partial charge >= 0.3 is 0 Å². The molecule has 2 rings (SSSR count). The van der Waals surface area contributed by atoms with E-state index in [9.17, 15) is 4.79 Å². The molecule has 0 saturated carbocycles. The first-order valence-corrected chi connectivity index (χ1v) is 4.25. The fourth-order valence-corrected chi connectivity index (χ4v) is 1.49. The van der Waals surface area contributed by atoms with Crippen LogP contribution in [0.1, 0.15) is 18.2 Å². The van der Waals surface area contributed by atoms with Gasteiger partial charge in [-0.1, -0.05) is 0 Å². The van der Waals surface area contributed by atoms with Gasteiger partial charge < -0.3 is 9.84 Å². The van der Waals surface area contributed by atoms with E-state index < -0.39 is 0 Å². The SMILES string of the molecule is CCn1oc2c(c1=O)CNCC2. The molecular formula is C8H12N2O2. The summed E-state index contributed by atoms with van der Waals surface area (Å²) in [5.41, 5.74) is 0.836.